The predicted molar refractivity (Wildman–Crippen MR) is 89.5 cm³/mol. The zero-order valence-electron chi connectivity index (χ0n) is 13.8. The maximum absolute atomic E-state index is 12.5. The Hall–Kier alpha value is -1.79. The van der Waals surface area contributed by atoms with Gasteiger partial charge in [-0.05, 0) is 44.4 Å². The lowest BCUT2D eigenvalue weighted by atomic mass is 9.86. The van der Waals surface area contributed by atoms with Crippen LogP contribution in [-0.4, -0.2) is 41.8 Å². The third-order valence-electron chi connectivity index (χ3n) is 4.09. The van der Waals surface area contributed by atoms with E-state index in [4.69, 9.17) is 26.2 Å². The molecule has 0 radical (unpaired) electrons. The molecule has 0 spiro atoms. The molecule has 1 atom stereocenters. The lowest BCUT2D eigenvalue weighted by molar-refractivity contribution is -0.141. The van der Waals surface area contributed by atoms with Crippen LogP contribution in [-0.2, 0) is 14.3 Å². The van der Waals surface area contributed by atoms with Gasteiger partial charge in [0, 0.05) is 13.2 Å². The Morgan fingerprint density at radius 1 is 1.42 bits per heavy atom. The van der Waals surface area contributed by atoms with E-state index in [-0.39, 0.29) is 12.3 Å². The molecule has 2 N–H and O–H groups in total. The number of aryl methyl sites for hydroxylation is 1. The van der Waals surface area contributed by atoms with E-state index in [0.29, 0.717) is 36.8 Å². The predicted octanol–water partition coefficient (Wildman–Crippen LogP) is 2.56. The van der Waals surface area contributed by atoms with Crippen molar-refractivity contribution < 1.29 is 24.2 Å². The fraction of sp³-hybridized carbons (Fsp3) is 0.529. The minimum atomic E-state index is -0.951. The molecule has 1 aromatic carbocycles. The highest BCUT2D eigenvalue weighted by Crippen LogP contribution is 2.28. The van der Waals surface area contributed by atoms with Crippen LogP contribution < -0.4 is 10.1 Å². The maximum atomic E-state index is 12.5. The highest BCUT2D eigenvalue weighted by molar-refractivity contribution is 6.32. The van der Waals surface area contributed by atoms with Gasteiger partial charge in [0.1, 0.15) is 5.75 Å². The van der Waals surface area contributed by atoms with E-state index in [2.05, 4.69) is 5.32 Å². The van der Waals surface area contributed by atoms with Gasteiger partial charge in [0.15, 0.2) is 6.10 Å². The van der Waals surface area contributed by atoms with E-state index >= 15 is 0 Å². The lowest BCUT2D eigenvalue weighted by Gasteiger charge is -2.37. The summed E-state index contributed by atoms with van der Waals surface area (Å²) >= 11 is 6.08. The Morgan fingerprint density at radius 3 is 2.71 bits per heavy atom. The first kappa shape index (κ1) is 18.5. The third kappa shape index (κ3) is 4.85. The Kier molecular flexibility index (Phi) is 6.07. The number of hydrogen-bond donors (Lipinski definition) is 2. The molecule has 2 rings (SSSR count). The van der Waals surface area contributed by atoms with Gasteiger partial charge >= 0.3 is 5.97 Å². The molecule has 1 fully saturated rings. The second kappa shape index (κ2) is 7.85. The Balaban J connectivity index is 2.05. The van der Waals surface area contributed by atoms with Crippen molar-refractivity contribution in [1.29, 1.82) is 0 Å². The van der Waals surface area contributed by atoms with Crippen LogP contribution in [0.15, 0.2) is 18.2 Å². The molecule has 7 heteroatoms. The van der Waals surface area contributed by atoms with Crippen molar-refractivity contribution in [3.63, 3.8) is 0 Å². The standard InChI is InChI=1S/C17H22ClNO5/c1-11-3-4-13(18)14(9-11)24-12(2)16(22)19-17(10-15(20)21)5-7-23-8-6-17/h3-4,9,12H,5-8,10H2,1-2H3,(H,19,22)(H,20,21). The number of hydrogen-bond acceptors (Lipinski definition) is 4. The quantitative estimate of drug-likeness (QED) is 0.819. The van der Waals surface area contributed by atoms with Crippen LogP contribution in [0.3, 0.4) is 0 Å². The van der Waals surface area contributed by atoms with Crippen molar-refractivity contribution >= 4 is 23.5 Å². The van der Waals surface area contributed by atoms with Crippen LogP contribution in [0.25, 0.3) is 0 Å². The summed E-state index contributed by atoms with van der Waals surface area (Å²) in [6.45, 7) is 4.36. The molecular formula is C17H22ClNO5. The summed E-state index contributed by atoms with van der Waals surface area (Å²) in [6, 6.07) is 5.32. The average Bonchev–Trinajstić information content (AvgIpc) is 2.50. The first-order valence-electron chi connectivity index (χ1n) is 7.86. The molecule has 6 nitrogen and oxygen atoms in total. The van der Waals surface area contributed by atoms with E-state index in [0.717, 1.165) is 5.56 Å². The van der Waals surface area contributed by atoms with Gasteiger partial charge in [-0.2, -0.15) is 0 Å². The summed E-state index contributed by atoms with van der Waals surface area (Å²) in [5, 5.41) is 12.4. The molecular weight excluding hydrogens is 334 g/mol. The Bertz CT molecular complexity index is 613. The van der Waals surface area contributed by atoms with Crippen molar-refractivity contribution in [3.8, 4) is 5.75 Å². The van der Waals surface area contributed by atoms with Crippen LogP contribution in [0.5, 0.6) is 5.75 Å². The molecule has 1 unspecified atom stereocenters. The normalized spacial score (nSPS) is 17.8. The van der Waals surface area contributed by atoms with Crippen LogP contribution in [0.1, 0.15) is 31.7 Å². The number of aliphatic carboxylic acids is 1. The molecule has 1 aliphatic heterocycles. The van der Waals surface area contributed by atoms with Crippen LogP contribution in [0, 0.1) is 6.92 Å². The number of nitrogens with one attached hydrogen (secondary N) is 1. The van der Waals surface area contributed by atoms with Gasteiger partial charge in [-0.15, -0.1) is 0 Å². The monoisotopic (exact) mass is 355 g/mol. The van der Waals surface area contributed by atoms with E-state index < -0.39 is 17.6 Å². The maximum Gasteiger partial charge on any atom is 0.305 e. The molecule has 0 aliphatic carbocycles. The Morgan fingerprint density at radius 2 is 2.08 bits per heavy atom. The number of benzene rings is 1. The first-order valence-corrected chi connectivity index (χ1v) is 8.23. The highest BCUT2D eigenvalue weighted by atomic mass is 35.5. The molecule has 1 saturated heterocycles. The number of carbonyl (C=O) groups is 2. The number of rotatable bonds is 6. The second-order valence-corrected chi connectivity index (χ2v) is 6.55. The topological polar surface area (TPSA) is 84.9 Å². The van der Waals surface area contributed by atoms with Crippen LogP contribution in [0.2, 0.25) is 5.02 Å². The van der Waals surface area contributed by atoms with E-state index in [1.807, 2.05) is 13.0 Å². The summed E-state index contributed by atoms with van der Waals surface area (Å²) in [5.74, 6) is -0.887. The van der Waals surface area contributed by atoms with Gasteiger partial charge in [-0.3, -0.25) is 9.59 Å². The molecule has 0 aromatic heterocycles. The first-order chi connectivity index (χ1) is 11.3. The number of carboxylic acids is 1. The number of halogens is 1. The fourth-order valence-electron chi connectivity index (χ4n) is 2.71. The molecule has 0 bridgehead atoms. The molecule has 132 valence electrons. The van der Waals surface area contributed by atoms with Crippen LogP contribution >= 0.6 is 11.6 Å². The van der Waals surface area contributed by atoms with Gasteiger partial charge < -0.3 is 19.9 Å². The summed E-state index contributed by atoms with van der Waals surface area (Å²) in [4.78, 5) is 23.6. The van der Waals surface area contributed by atoms with Gasteiger partial charge in [-0.1, -0.05) is 17.7 Å². The van der Waals surface area contributed by atoms with Gasteiger partial charge in [0.2, 0.25) is 0 Å². The minimum Gasteiger partial charge on any atom is -0.481 e. The molecule has 1 heterocycles. The summed E-state index contributed by atoms with van der Waals surface area (Å²) < 4.78 is 10.9. The molecule has 1 amide bonds. The second-order valence-electron chi connectivity index (χ2n) is 6.15. The molecule has 1 aliphatic rings. The van der Waals surface area contributed by atoms with Crippen molar-refractivity contribution in [1.82, 2.24) is 5.32 Å². The Labute approximate surface area is 146 Å². The molecule has 0 saturated carbocycles. The lowest BCUT2D eigenvalue weighted by Crippen LogP contribution is -2.56. The summed E-state index contributed by atoms with van der Waals surface area (Å²) in [7, 11) is 0. The smallest absolute Gasteiger partial charge is 0.305 e. The third-order valence-corrected chi connectivity index (χ3v) is 4.40. The molecule has 1 aromatic rings. The van der Waals surface area contributed by atoms with E-state index in [1.54, 1.807) is 19.1 Å². The van der Waals surface area contributed by atoms with Crippen molar-refractivity contribution in [2.75, 3.05) is 13.2 Å². The minimum absolute atomic E-state index is 0.139. The zero-order chi connectivity index (χ0) is 17.7. The summed E-state index contributed by atoms with van der Waals surface area (Å²) in [6.07, 6.45) is -0.0100. The highest BCUT2D eigenvalue weighted by Gasteiger charge is 2.37. The van der Waals surface area contributed by atoms with Gasteiger partial charge in [0.25, 0.3) is 5.91 Å². The number of amides is 1. The number of carboxylic acid groups (broad SMARTS) is 1. The van der Waals surface area contributed by atoms with Gasteiger partial charge in [0.05, 0.1) is 17.0 Å². The number of ether oxygens (including phenoxy) is 2. The van der Waals surface area contributed by atoms with Crippen molar-refractivity contribution in [2.24, 2.45) is 0 Å². The average molecular weight is 356 g/mol. The van der Waals surface area contributed by atoms with E-state index in [9.17, 15) is 9.59 Å². The number of carbonyl (C=O) groups excluding carboxylic acids is 1. The molecule has 24 heavy (non-hydrogen) atoms. The van der Waals surface area contributed by atoms with Crippen LogP contribution in [0.4, 0.5) is 0 Å². The summed E-state index contributed by atoms with van der Waals surface area (Å²) in [5.41, 5.74) is 0.170. The van der Waals surface area contributed by atoms with Crippen molar-refractivity contribution in [3.05, 3.63) is 28.8 Å². The zero-order valence-corrected chi connectivity index (χ0v) is 14.6. The van der Waals surface area contributed by atoms with E-state index in [1.165, 1.54) is 0 Å². The van der Waals surface area contributed by atoms with Crippen molar-refractivity contribution in [2.45, 2.75) is 44.8 Å². The fourth-order valence-corrected chi connectivity index (χ4v) is 2.87. The SMILES string of the molecule is Cc1ccc(Cl)c(OC(C)C(=O)NC2(CC(=O)O)CCOCC2)c1. The van der Waals surface area contributed by atoms with Gasteiger partial charge in [-0.25, -0.2) is 0 Å². The largest absolute Gasteiger partial charge is 0.481 e.